The lowest BCUT2D eigenvalue weighted by Crippen LogP contribution is -2.15. The summed E-state index contributed by atoms with van der Waals surface area (Å²) in [6, 6.07) is 2.06. The van der Waals surface area contributed by atoms with Crippen LogP contribution < -0.4 is 5.73 Å². The first-order valence-electron chi connectivity index (χ1n) is 5.35. The molecule has 2 heterocycles. The third-order valence-electron chi connectivity index (χ3n) is 2.91. The fourth-order valence-corrected chi connectivity index (χ4v) is 2.08. The molecule has 3 rings (SSSR count). The summed E-state index contributed by atoms with van der Waals surface area (Å²) in [7, 11) is 0. The van der Waals surface area contributed by atoms with Gasteiger partial charge in [0.1, 0.15) is 12.2 Å². The molecule has 1 aliphatic rings. The highest BCUT2D eigenvalue weighted by atomic mass is 15.3. The van der Waals surface area contributed by atoms with Gasteiger partial charge >= 0.3 is 0 Å². The van der Waals surface area contributed by atoms with E-state index in [1.165, 1.54) is 0 Å². The fourth-order valence-electron chi connectivity index (χ4n) is 2.08. The summed E-state index contributed by atoms with van der Waals surface area (Å²) in [5, 5.41) is 8.37. The van der Waals surface area contributed by atoms with Gasteiger partial charge in [-0.1, -0.05) is 12.2 Å². The minimum Gasteiger partial charge on any atom is -0.324 e. The fraction of sp³-hybridized carbons (Fsp3) is 0.364. The van der Waals surface area contributed by atoms with Crippen LogP contribution in [-0.4, -0.2) is 25.6 Å². The molecule has 5 heteroatoms. The van der Waals surface area contributed by atoms with Crippen LogP contribution >= 0.6 is 0 Å². The van der Waals surface area contributed by atoms with Crippen LogP contribution in [0.3, 0.4) is 0 Å². The third-order valence-corrected chi connectivity index (χ3v) is 2.91. The molecule has 2 N–H and O–H groups in total. The SMILES string of the molecule is Cc1cc2nnc(C3C=CC(N)C3)n2cn1. The average Bonchev–Trinajstić information content (AvgIpc) is 2.83. The van der Waals surface area contributed by atoms with Gasteiger partial charge in [0, 0.05) is 23.7 Å². The molecule has 5 nitrogen and oxygen atoms in total. The van der Waals surface area contributed by atoms with Crippen molar-refractivity contribution in [2.45, 2.75) is 25.3 Å². The van der Waals surface area contributed by atoms with Gasteiger partial charge in [-0.25, -0.2) is 4.98 Å². The van der Waals surface area contributed by atoms with Crippen molar-refractivity contribution < 1.29 is 0 Å². The van der Waals surface area contributed by atoms with Gasteiger partial charge in [0.2, 0.25) is 0 Å². The number of hydrogen-bond acceptors (Lipinski definition) is 4. The quantitative estimate of drug-likeness (QED) is 0.714. The van der Waals surface area contributed by atoms with Gasteiger partial charge in [0.15, 0.2) is 5.65 Å². The number of nitrogens with two attached hydrogens (primary N) is 1. The molecule has 0 fully saturated rings. The molecule has 0 aliphatic heterocycles. The summed E-state index contributed by atoms with van der Waals surface area (Å²) >= 11 is 0. The van der Waals surface area contributed by atoms with Crippen LogP contribution in [0.25, 0.3) is 5.65 Å². The normalized spacial score (nSPS) is 24.4. The Hall–Kier alpha value is -1.75. The van der Waals surface area contributed by atoms with Crippen molar-refractivity contribution in [3.05, 3.63) is 36.1 Å². The summed E-state index contributed by atoms with van der Waals surface area (Å²) in [4.78, 5) is 4.26. The summed E-state index contributed by atoms with van der Waals surface area (Å²) in [6.07, 6.45) is 6.79. The van der Waals surface area contributed by atoms with E-state index in [9.17, 15) is 0 Å². The molecule has 0 amide bonds. The van der Waals surface area contributed by atoms with Gasteiger partial charge in [-0.05, 0) is 13.3 Å². The van der Waals surface area contributed by atoms with E-state index >= 15 is 0 Å². The maximum absolute atomic E-state index is 5.84. The second-order valence-electron chi connectivity index (χ2n) is 4.21. The Morgan fingerprint density at radius 2 is 2.25 bits per heavy atom. The molecule has 82 valence electrons. The second kappa shape index (κ2) is 3.38. The zero-order valence-electron chi connectivity index (χ0n) is 9.04. The lowest BCUT2D eigenvalue weighted by Gasteiger charge is -2.06. The van der Waals surface area contributed by atoms with Crippen molar-refractivity contribution in [1.82, 2.24) is 19.6 Å². The molecule has 2 aromatic rings. The number of nitrogens with zero attached hydrogens (tertiary/aromatic N) is 4. The molecular formula is C11H13N5. The van der Waals surface area contributed by atoms with E-state index in [1.54, 1.807) is 6.33 Å². The summed E-state index contributed by atoms with van der Waals surface area (Å²) in [5.74, 6) is 1.18. The van der Waals surface area contributed by atoms with Crippen LogP contribution in [0.5, 0.6) is 0 Å². The van der Waals surface area contributed by atoms with Gasteiger partial charge in [0.05, 0.1) is 0 Å². The Morgan fingerprint density at radius 1 is 1.38 bits per heavy atom. The van der Waals surface area contributed by atoms with Crippen molar-refractivity contribution in [3.8, 4) is 0 Å². The Balaban J connectivity index is 2.08. The Labute approximate surface area is 93.0 Å². The number of aryl methyl sites for hydroxylation is 1. The zero-order chi connectivity index (χ0) is 11.1. The largest absolute Gasteiger partial charge is 0.324 e. The molecule has 0 saturated carbocycles. The maximum atomic E-state index is 5.84. The molecule has 0 saturated heterocycles. The van der Waals surface area contributed by atoms with Gasteiger partial charge in [-0.2, -0.15) is 0 Å². The number of rotatable bonds is 1. The highest BCUT2D eigenvalue weighted by Gasteiger charge is 2.22. The van der Waals surface area contributed by atoms with Gasteiger partial charge < -0.3 is 5.73 Å². The molecule has 0 bridgehead atoms. The number of hydrogen-bond donors (Lipinski definition) is 1. The van der Waals surface area contributed by atoms with Crippen molar-refractivity contribution >= 4 is 5.65 Å². The second-order valence-corrected chi connectivity index (χ2v) is 4.21. The lowest BCUT2D eigenvalue weighted by molar-refractivity contribution is 0.668. The minimum absolute atomic E-state index is 0.135. The predicted molar refractivity (Wildman–Crippen MR) is 60.0 cm³/mol. The lowest BCUT2D eigenvalue weighted by atomic mass is 10.1. The average molecular weight is 215 g/mol. The zero-order valence-corrected chi connectivity index (χ0v) is 9.04. The summed E-state index contributed by atoms with van der Waals surface area (Å²) < 4.78 is 1.93. The van der Waals surface area contributed by atoms with Crippen molar-refractivity contribution in [2.24, 2.45) is 5.73 Å². The Morgan fingerprint density at radius 3 is 3.00 bits per heavy atom. The highest BCUT2D eigenvalue weighted by Crippen LogP contribution is 2.26. The summed E-state index contributed by atoms with van der Waals surface area (Å²) in [5.41, 5.74) is 7.63. The number of aromatic nitrogens is 4. The van der Waals surface area contributed by atoms with Crippen LogP contribution in [0.2, 0.25) is 0 Å². The van der Waals surface area contributed by atoms with Crippen LogP contribution in [0.15, 0.2) is 24.5 Å². The van der Waals surface area contributed by atoms with Crippen LogP contribution in [-0.2, 0) is 0 Å². The number of allylic oxidation sites excluding steroid dienone is 1. The molecule has 0 radical (unpaired) electrons. The van der Waals surface area contributed by atoms with E-state index in [-0.39, 0.29) is 12.0 Å². The van der Waals surface area contributed by atoms with Gasteiger partial charge in [0.25, 0.3) is 0 Å². The van der Waals surface area contributed by atoms with E-state index in [4.69, 9.17) is 5.73 Å². The molecule has 16 heavy (non-hydrogen) atoms. The Kier molecular flexibility index (Phi) is 2.00. The van der Waals surface area contributed by atoms with Crippen molar-refractivity contribution in [1.29, 1.82) is 0 Å². The van der Waals surface area contributed by atoms with E-state index < -0.39 is 0 Å². The molecular weight excluding hydrogens is 202 g/mol. The first kappa shape index (κ1) is 9.47. The highest BCUT2D eigenvalue weighted by molar-refractivity contribution is 5.39. The number of fused-ring (bicyclic) bond motifs is 1. The smallest absolute Gasteiger partial charge is 0.163 e. The van der Waals surface area contributed by atoms with Gasteiger partial charge in [-0.3, -0.25) is 4.40 Å². The summed E-state index contributed by atoms with van der Waals surface area (Å²) in [6.45, 7) is 1.94. The van der Waals surface area contributed by atoms with E-state index in [2.05, 4.69) is 21.3 Å². The first-order chi connectivity index (χ1) is 7.74. The van der Waals surface area contributed by atoms with Crippen molar-refractivity contribution in [3.63, 3.8) is 0 Å². The molecule has 2 unspecified atom stereocenters. The van der Waals surface area contributed by atoms with Crippen LogP contribution in [0.1, 0.15) is 23.9 Å². The van der Waals surface area contributed by atoms with Gasteiger partial charge in [-0.15, -0.1) is 10.2 Å². The Bertz CT molecular complexity index is 557. The molecule has 0 spiro atoms. The molecule has 2 aromatic heterocycles. The topological polar surface area (TPSA) is 69.1 Å². The minimum atomic E-state index is 0.135. The maximum Gasteiger partial charge on any atom is 0.163 e. The predicted octanol–water partition coefficient (Wildman–Crippen LogP) is 0.804. The standard InChI is InChI=1S/C11H13N5/c1-7-4-10-14-15-11(16(10)6-13-7)8-2-3-9(12)5-8/h2-4,6,8-9H,5,12H2,1H3. The van der Waals surface area contributed by atoms with E-state index in [0.717, 1.165) is 23.6 Å². The van der Waals surface area contributed by atoms with Crippen LogP contribution in [0.4, 0.5) is 0 Å². The monoisotopic (exact) mass is 215 g/mol. The molecule has 0 aromatic carbocycles. The van der Waals surface area contributed by atoms with Crippen LogP contribution in [0, 0.1) is 6.92 Å². The molecule has 2 atom stereocenters. The third kappa shape index (κ3) is 1.40. The van der Waals surface area contributed by atoms with Crippen molar-refractivity contribution in [2.75, 3.05) is 0 Å². The first-order valence-corrected chi connectivity index (χ1v) is 5.35. The van der Waals surface area contributed by atoms with E-state index in [0.29, 0.717) is 0 Å². The molecule has 1 aliphatic carbocycles. The van der Waals surface area contributed by atoms with E-state index in [1.807, 2.05) is 23.5 Å².